The van der Waals surface area contributed by atoms with E-state index in [1.807, 2.05) is 12.1 Å². The number of hydrogen-bond acceptors (Lipinski definition) is 3. The van der Waals surface area contributed by atoms with Crippen LogP contribution in [0.4, 0.5) is 0 Å². The van der Waals surface area contributed by atoms with Crippen molar-refractivity contribution in [1.82, 2.24) is 14.5 Å². The highest BCUT2D eigenvalue weighted by atomic mass is 16.1. The summed E-state index contributed by atoms with van der Waals surface area (Å²) in [5, 5.41) is 0. The van der Waals surface area contributed by atoms with Crippen molar-refractivity contribution in [3.8, 4) is 5.69 Å². The minimum absolute atomic E-state index is 0.109. The topological polar surface area (TPSA) is 67.0 Å². The van der Waals surface area contributed by atoms with Crippen molar-refractivity contribution in [2.24, 2.45) is 11.7 Å². The number of nitrogens with zero attached hydrogens (tertiary/aromatic N) is 2. The summed E-state index contributed by atoms with van der Waals surface area (Å²) in [5.74, 6) is 0.559. The lowest BCUT2D eigenvalue weighted by Gasteiger charge is -2.20. The highest BCUT2D eigenvalue weighted by molar-refractivity contribution is 5.37. The van der Waals surface area contributed by atoms with Crippen molar-refractivity contribution in [3.63, 3.8) is 0 Å². The van der Waals surface area contributed by atoms with Gasteiger partial charge in [0, 0.05) is 25.0 Å². The monoisotopic (exact) mass is 272 g/mol. The standard InChI is InChI=1S/C15H20N4O/c1-18-10-11(9-16)7-14(18)12-3-2-4-13(8-12)19-6-5-17-15(19)20/h2-6,8,11,14H,7,9-10,16H2,1H3,(H,17,20). The van der Waals surface area contributed by atoms with Gasteiger partial charge in [-0.3, -0.25) is 9.47 Å². The number of rotatable bonds is 3. The maximum absolute atomic E-state index is 11.7. The Morgan fingerprint density at radius 3 is 2.95 bits per heavy atom. The summed E-state index contributed by atoms with van der Waals surface area (Å²) >= 11 is 0. The van der Waals surface area contributed by atoms with E-state index < -0.39 is 0 Å². The summed E-state index contributed by atoms with van der Waals surface area (Å²) in [5.41, 5.74) is 7.82. The first-order valence-corrected chi connectivity index (χ1v) is 6.95. The average Bonchev–Trinajstić information content (AvgIpc) is 3.05. The average molecular weight is 272 g/mol. The number of nitrogens with two attached hydrogens (primary N) is 1. The fourth-order valence-corrected chi connectivity index (χ4v) is 3.07. The minimum atomic E-state index is -0.109. The van der Waals surface area contributed by atoms with Crippen LogP contribution in [0.2, 0.25) is 0 Å². The van der Waals surface area contributed by atoms with Crippen LogP contribution in [0.5, 0.6) is 0 Å². The van der Waals surface area contributed by atoms with E-state index in [1.54, 1.807) is 17.0 Å². The third kappa shape index (κ3) is 2.30. The predicted molar refractivity (Wildman–Crippen MR) is 78.9 cm³/mol. The first kappa shape index (κ1) is 13.1. The number of benzene rings is 1. The largest absolute Gasteiger partial charge is 0.330 e. The number of aromatic amines is 1. The lowest BCUT2D eigenvalue weighted by Crippen LogP contribution is -2.21. The van der Waals surface area contributed by atoms with Crippen LogP contribution in [-0.4, -0.2) is 34.6 Å². The molecular weight excluding hydrogens is 252 g/mol. The maximum atomic E-state index is 11.7. The first-order chi connectivity index (χ1) is 9.69. The molecule has 1 aromatic heterocycles. The second kappa shape index (κ2) is 5.26. The molecule has 1 fully saturated rings. The Balaban J connectivity index is 1.92. The predicted octanol–water partition coefficient (Wildman–Crippen LogP) is 1.12. The molecule has 1 aliphatic heterocycles. The van der Waals surface area contributed by atoms with Gasteiger partial charge in [0.1, 0.15) is 0 Å². The molecule has 1 aliphatic rings. The molecule has 5 heteroatoms. The van der Waals surface area contributed by atoms with Crippen molar-refractivity contribution in [3.05, 3.63) is 52.7 Å². The fraction of sp³-hybridized carbons (Fsp3) is 0.400. The lowest BCUT2D eigenvalue weighted by molar-refractivity contribution is 0.313. The maximum Gasteiger partial charge on any atom is 0.330 e. The van der Waals surface area contributed by atoms with Crippen LogP contribution in [0.15, 0.2) is 41.5 Å². The normalized spacial score (nSPS) is 23.3. The Labute approximate surface area is 118 Å². The Morgan fingerprint density at radius 1 is 1.45 bits per heavy atom. The Bertz CT molecular complexity index is 645. The van der Waals surface area contributed by atoms with Gasteiger partial charge in [0.25, 0.3) is 0 Å². The molecule has 0 radical (unpaired) electrons. The van der Waals surface area contributed by atoms with Crippen LogP contribution in [0, 0.1) is 5.92 Å². The number of nitrogens with one attached hydrogen (secondary N) is 1. The lowest BCUT2D eigenvalue weighted by atomic mass is 9.99. The Hall–Kier alpha value is -1.85. The molecule has 0 amide bonds. The van der Waals surface area contributed by atoms with E-state index in [1.165, 1.54) is 5.56 Å². The molecule has 106 valence electrons. The molecule has 2 heterocycles. The molecule has 1 saturated heterocycles. The number of aromatic nitrogens is 2. The molecule has 1 aromatic carbocycles. The second-order valence-electron chi connectivity index (χ2n) is 5.52. The van der Waals surface area contributed by atoms with E-state index in [2.05, 4.69) is 29.1 Å². The summed E-state index contributed by atoms with van der Waals surface area (Å²) < 4.78 is 1.62. The van der Waals surface area contributed by atoms with E-state index in [0.29, 0.717) is 12.0 Å². The summed E-state index contributed by atoms with van der Waals surface area (Å²) in [7, 11) is 2.13. The Morgan fingerprint density at radius 2 is 2.30 bits per heavy atom. The zero-order valence-corrected chi connectivity index (χ0v) is 11.6. The van der Waals surface area contributed by atoms with Gasteiger partial charge in [-0.15, -0.1) is 0 Å². The van der Waals surface area contributed by atoms with Crippen LogP contribution in [0.3, 0.4) is 0 Å². The molecule has 0 spiro atoms. The van der Waals surface area contributed by atoms with Gasteiger partial charge in [-0.2, -0.15) is 0 Å². The summed E-state index contributed by atoms with van der Waals surface area (Å²) in [6.45, 7) is 1.77. The number of H-pyrrole nitrogens is 1. The molecule has 2 aromatic rings. The summed E-state index contributed by atoms with van der Waals surface area (Å²) in [6.07, 6.45) is 4.49. The van der Waals surface area contributed by atoms with Gasteiger partial charge in [0.2, 0.25) is 0 Å². The number of imidazole rings is 1. The third-order valence-electron chi connectivity index (χ3n) is 4.15. The highest BCUT2D eigenvalue weighted by Crippen LogP contribution is 2.34. The van der Waals surface area contributed by atoms with Gasteiger partial charge in [-0.05, 0) is 43.6 Å². The highest BCUT2D eigenvalue weighted by Gasteiger charge is 2.29. The quantitative estimate of drug-likeness (QED) is 0.880. The van der Waals surface area contributed by atoms with Crippen LogP contribution < -0.4 is 11.4 Å². The SMILES string of the molecule is CN1CC(CN)CC1c1cccc(-n2cc[nH]c2=O)c1. The van der Waals surface area contributed by atoms with E-state index >= 15 is 0 Å². The molecule has 0 saturated carbocycles. The van der Waals surface area contributed by atoms with Gasteiger partial charge in [-0.25, -0.2) is 4.79 Å². The third-order valence-corrected chi connectivity index (χ3v) is 4.15. The van der Waals surface area contributed by atoms with Crippen LogP contribution in [0.1, 0.15) is 18.0 Å². The fourth-order valence-electron chi connectivity index (χ4n) is 3.07. The number of hydrogen-bond donors (Lipinski definition) is 2. The van der Waals surface area contributed by atoms with E-state index in [4.69, 9.17) is 5.73 Å². The molecule has 20 heavy (non-hydrogen) atoms. The van der Waals surface area contributed by atoms with E-state index in [9.17, 15) is 4.79 Å². The minimum Gasteiger partial charge on any atom is -0.330 e. The summed E-state index contributed by atoms with van der Waals surface area (Å²) in [6, 6.07) is 8.57. The van der Waals surface area contributed by atoms with E-state index in [-0.39, 0.29) is 5.69 Å². The van der Waals surface area contributed by atoms with E-state index in [0.717, 1.165) is 25.2 Å². The van der Waals surface area contributed by atoms with Crippen LogP contribution >= 0.6 is 0 Å². The number of likely N-dealkylation sites (tertiary alicyclic amines) is 1. The van der Waals surface area contributed by atoms with Crippen LogP contribution in [0.25, 0.3) is 5.69 Å². The van der Waals surface area contributed by atoms with Gasteiger partial charge in [0.15, 0.2) is 0 Å². The molecule has 3 N–H and O–H groups in total. The zero-order chi connectivity index (χ0) is 14.1. The van der Waals surface area contributed by atoms with Gasteiger partial charge in [-0.1, -0.05) is 12.1 Å². The van der Waals surface area contributed by atoms with Gasteiger partial charge < -0.3 is 10.7 Å². The molecule has 3 rings (SSSR count). The molecule has 0 bridgehead atoms. The first-order valence-electron chi connectivity index (χ1n) is 6.95. The molecule has 0 aliphatic carbocycles. The Kier molecular flexibility index (Phi) is 3.46. The van der Waals surface area contributed by atoms with Crippen molar-refractivity contribution in [2.45, 2.75) is 12.5 Å². The van der Waals surface area contributed by atoms with Crippen molar-refractivity contribution < 1.29 is 0 Å². The molecule has 2 atom stereocenters. The van der Waals surface area contributed by atoms with Crippen molar-refractivity contribution >= 4 is 0 Å². The second-order valence-corrected chi connectivity index (χ2v) is 5.52. The molecule has 2 unspecified atom stereocenters. The molecule has 5 nitrogen and oxygen atoms in total. The van der Waals surface area contributed by atoms with Gasteiger partial charge in [0.05, 0.1) is 5.69 Å². The summed E-state index contributed by atoms with van der Waals surface area (Å²) in [4.78, 5) is 16.7. The van der Waals surface area contributed by atoms with Crippen molar-refractivity contribution in [2.75, 3.05) is 20.1 Å². The molecular formula is C15H20N4O. The zero-order valence-electron chi connectivity index (χ0n) is 11.6. The smallest absolute Gasteiger partial charge is 0.330 e. The van der Waals surface area contributed by atoms with Gasteiger partial charge >= 0.3 is 5.69 Å². The van der Waals surface area contributed by atoms with Crippen LogP contribution in [-0.2, 0) is 0 Å². The van der Waals surface area contributed by atoms with Crippen molar-refractivity contribution in [1.29, 1.82) is 0 Å².